The summed E-state index contributed by atoms with van der Waals surface area (Å²) in [6.07, 6.45) is 3.63. The Labute approximate surface area is 186 Å². The molecule has 2 aromatic heterocycles. The lowest BCUT2D eigenvalue weighted by molar-refractivity contribution is -0.121. The number of carbonyl (C=O) groups excluding carboxylic acids is 1. The van der Waals surface area contributed by atoms with Crippen LogP contribution in [-0.2, 0) is 31.4 Å². The van der Waals surface area contributed by atoms with Crippen molar-refractivity contribution in [3.8, 4) is 0 Å². The van der Waals surface area contributed by atoms with E-state index in [0.29, 0.717) is 12.1 Å². The summed E-state index contributed by atoms with van der Waals surface area (Å²) in [7, 11) is 1.87. The van der Waals surface area contributed by atoms with Gasteiger partial charge in [-0.2, -0.15) is 5.10 Å². The molecule has 1 N–H and O–H groups in total. The van der Waals surface area contributed by atoms with Crippen molar-refractivity contribution in [2.24, 2.45) is 7.05 Å². The Morgan fingerprint density at radius 2 is 1.84 bits per heavy atom. The molecule has 164 valence electrons. The van der Waals surface area contributed by atoms with Gasteiger partial charge in [0.2, 0.25) is 5.91 Å². The molecule has 4 aromatic rings. The van der Waals surface area contributed by atoms with Gasteiger partial charge in [0, 0.05) is 49.5 Å². The summed E-state index contributed by atoms with van der Waals surface area (Å²) in [4.78, 5) is 27.9. The number of rotatable bonds is 6. The summed E-state index contributed by atoms with van der Waals surface area (Å²) in [6.45, 7) is 3.47. The number of hydrogen-bond donors (Lipinski definition) is 1. The van der Waals surface area contributed by atoms with Gasteiger partial charge in [0.15, 0.2) is 0 Å². The molecule has 7 nitrogen and oxygen atoms in total. The smallest absolute Gasteiger partial charge is 0.291 e. The molecule has 0 atom stereocenters. The third-order valence-corrected chi connectivity index (χ3v) is 6.39. The van der Waals surface area contributed by atoms with Crippen LogP contribution in [0.1, 0.15) is 17.5 Å². The van der Waals surface area contributed by atoms with Gasteiger partial charge < -0.3 is 9.88 Å². The van der Waals surface area contributed by atoms with Crippen LogP contribution < -0.4 is 10.9 Å². The number of nitrogens with one attached hydrogen (secondary N) is 1. The van der Waals surface area contributed by atoms with E-state index in [2.05, 4.69) is 39.6 Å². The minimum absolute atomic E-state index is 0.0760. The molecule has 0 radical (unpaired) electrons. The first-order valence-corrected chi connectivity index (χ1v) is 11.1. The van der Waals surface area contributed by atoms with Crippen LogP contribution >= 0.6 is 0 Å². The molecule has 0 bridgehead atoms. The van der Waals surface area contributed by atoms with Crippen LogP contribution in [0.4, 0.5) is 0 Å². The Bertz CT molecular complexity index is 1350. The molecule has 2 aromatic carbocycles. The summed E-state index contributed by atoms with van der Waals surface area (Å²) in [6, 6.07) is 16.4. The van der Waals surface area contributed by atoms with Gasteiger partial charge in [-0.15, -0.1) is 0 Å². The van der Waals surface area contributed by atoms with Crippen molar-refractivity contribution in [3.63, 3.8) is 0 Å². The summed E-state index contributed by atoms with van der Waals surface area (Å²) >= 11 is 0. The van der Waals surface area contributed by atoms with Crippen LogP contribution in [0.3, 0.4) is 0 Å². The SMILES string of the molecule is Cn1c2ccccc2c2cnn(CC(=O)NCCCN3CCc4ccccc4C3)c(=O)c21. The van der Waals surface area contributed by atoms with Crippen molar-refractivity contribution >= 4 is 27.7 Å². The van der Waals surface area contributed by atoms with E-state index in [0.717, 1.165) is 48.8 Å². The van der Waals surface area contributed by atoms with Crippen molar-refractivity contribution in [3.05, 3.63) is 76.2 Å². The molecule has 32 heavy (non-hydrogen) atoms. The van der Waals surface area contributed by atoms with E-state index in [1.165, 1.54) is 15.8 Å². The van der Waals surface area contributed by atoms with E-state index >= 15 is 0 Å². The van der Waals surface area contributed by atoms with E-state index in [1.54, 1.807) is 6.20 Å². The van der Waals surface area contributed by atoms with Crippen LogP contribution in [0.25, 0.3) is 21.8 Å². The van der Waals surface area contributed by atoms with E-state index in [9.17, 15) is 9.59 Å². The molecule has 7 heteroatoms. The van der Waals surface area contributed by atoms with Crippen LogP contribution in [0.2, 0.25) is 0 Å². The lowest BCUT2D eigenvalue weighted by Gasteiger charge is -2.28. The normalized spacial score (nSPS) is 14.0. The average molecular weight is 430 g/mol. The van der Waals surface area contributed by atoms with E-state index in [1.807, 2.05) is 35.9 Å². The van der Waals surface area contributed by atoms with Crippen molar-refractivity contribution < 1.29 is 4.79 Å². The van der Waals surface area contributed by atoms with Gasteiger partial charge in [-0.3, -0.25) is 14.5 Å². The zero-order valence-corrected chi connectivity index (χ0v) is 18.3. The molecular formula is C25H27N5O2. The number of benzene rings is 2. The Balaban J connectivity index is 1.18. The van der Waals surface area contributed by atoms with Crippen molar-refractivity contribution in [1.29, 1.82) is 0 Å². The second kappa shape index (κ2) is 8.59. The fourth-order valence-electron chi connectivity index (χ4n) is 4.69. The van der Waals surface area contributed by atoms with Crippen LogP contribution in [0, 0.1) is 0 Å². The van der Waals surface area contributed by atoms with E-state index in [-0.39, 0.29) is 18.0 Å². The summed E-state index contributed by atoms with van der Waals surface area (Å²) in [5, 5.41) is 8.99. The Morgan fingerprint density at radius 3 is 2.72 bits per heavy atom. The highest BCUT2D eigenvalue weighted by Crippen LogP contribution is 2.24. The van der Waals surface area contributed by atoms with Crippen molar-refractivity contribution in [1.82, 2.24) is 24.6 Å². The molecule has 1 aliphatic rings. The molecule has 0 unspecified atom stereocenters. The molecule has 1 amide bonds. The van der Waals surface area contributed by atoms with E-state index in [4.69, 9.17) is 0 Å². The molecule has 1 aliphatic heterocycles. The number of amides is 1. The highest BCUT2D eigenvalue weighted by Gasteiger charge is 2.16. The third kappa shape index (κ3) is 3.80. The Hall–Kier alpha value is -3.45. The first-order chi connectivity index (χ1) is 15.6. The highest BCUT2D eigenvalue weighted by molar-refractivity contribution is 6.07. The van der Waals surface area contributed by atoms with Gasteiger partial charge in [0.25, 0.3) is 5.56 Å². The van der Waals surface area contributed by atoms with Crippen LogP contribution in [-0.4, -0.2) is 44.8 Å². The summed E-state index contributed by atoms with van der Waals surface area (Å²) < 4.78 is 3.12. The number of carbonyl (C=O) groups is 1. The first kappa shape index (κ1) is 20.5. The van der Waals surface area contributed by atoms with Crippen LogP contribution in [0.15, 0.2) is 59.5 Å². The van der Waals surface area contributed by atoms with Gasteiger partial charge in [-0.1, -0.05) is 42.5 Å². The van der Waals surface area contributed by atoms with Gasteiger partial charge in [0.1, 0.15) is 12.1 Å². The van der Waals surface area contributed by atoms with Crippen molar-refractivity contribution in [2.45, 2.75) is 25.9 Å². The number of aryl methyl sites for hydroxylation is 1. The molecule has 0 saturated carbocycles. The van der Waals surface area contributed by atoms with Gasteiger partial charge in [0.05, 0.1) is 6.20 Å². The second-order valence-corrected chi connectivity index (χ2v) is 8.44. The number of aromatic nitrogens is 3. The third-order valence-electron chi connectivity index (χ3n) is 6.39. The lowest BCUT2D eigenvalue weighted by Crippen LogP contribution is -2.36. The highest BCUT2D eigenvalue weighted by atomic mass is 16.2. The maximum Gasteiger partial charge on any atom is 0.291 e. The van der Waals surface area contributed by atoms with Gasteiger partial charge in [-0.05, 0) is 30.0 Å². The predicted octanol–water partition coefficient (Wildman–Crippen LogP) is 2.45. The molecule has 0 saturated heterocycles. The molecule has 0 aliphatic carbocycles. The second-order valence-electron chi connectivity index (χ2n) is 8.44. The fraction of sp³-hybridized carbons (Fsp3) is 0.320. The number of fused-ring (bicyclic) bond motifs is 4. The molecule has 3 heterocycles. The predicted molar refractivity (Wildman–Crippen MR) is 126 cm³/mol. The zero-order valence-electron chi connectivity index (χ0n) is 18.3. The van der Waals surface area contributed by atoms with Gasteiger partial charge in [-0.25, -0.2) is 4.68 Å². The van der Waals surface area contributed by atoms with Crippen molar-refractivity contribution in [2.75, 3.05) is 19.6 Å². The quantitative estimate of drug-likeness (QED) is 0.478. The number of hydrogen-bond acceptors (Lipinski definition) is 4. The molecule has 5 rings (SSSR count). The van der Waals surface area contributed by atoms with Gasteiger partial charge >= 0.3 is 0 Å². The average Bonchev–Trinajstić information content (AvgIpc) is 3.11. The standard InChI is InChI=1S/C25H27N5O2/c1-28-22-10-5-4-9-20(22)21-15-27-30(25(32)24(21)28)17-23(31)26-12-6-13-29-14-11-18-7-2-3-8-19(18)16-29/h2-5,7-10,15H,6,11-14,16-17H2,1H3,(H,26,31). The number of nitrogens with zero attached hydrogens (tertiary/aromatic N) is 4. The maximum atomic E-state index is 13.0. The zero-order chi connectivity index (χ0) is 22.1. The maximum absolute atomic E-state index is 13.0. The number of para-hydroxylation sites is 1. The Kier molecular flexibility index (Phi) is 5.49. The minimum Gasteiger partial charge on any atom is -0.354 e. The summed E-state index contributed by atoms with van der Waals surface area (Å²) in [5.74, 6) is -0.193. The largest absolute Gasteiger partial charge is 0.354 e. The van der Waals surface area contributed by atoms with Crippen LogP contribution in [0.5, 0.6) is 0 Å². The molecular weight excluding hydrogens is 402 g/mol. The lowest BCUT2D eigenvalue weighted by atomic mass is 10.00. The van der Waals surface area contributed by atoms with E-state index < -0.39 is 0 Å². The topological polar surface area (TPSA) is 72.2 Å². The Morgan fingerprint density at radius 1 is 1.06 bits per heavy atom. The molecule has 0 spiro atoms. The summed E-state index contributed by atoms with van der Waals surface area (Å²) in [5.41, 5.74) is 4.14. The minimum atomic E-state index is -0.247. The monoisotopic (exact) mass is 429 g/mol. The molecule has 0 fully saturated rings. The first-order valence-electron chi connectivity index (χ1n) is 11.1. The fourth-order valence-corrected chi connectivity index (χ4v) is 4.69.